The van der Waals surface area contributed by atoms with Gasteiger partial charge in [0.2, 0.25) is 20.8 Å². The van der Waals surface area contributed by atoms with Gasteiger partial charge in [0.25, 0.3) is 5.56 Å². The van der Waals surface area contributed by atoms with E-state index in [0.717, 1.165) is 11.8 Å². The van der Waals surface area contributed by atoms with Crippen LogP contribution in [-0.4, -0.2) is 49.2 Å². The molecule has 0 spiro atoms. The third-order valence-corrected chi connectivity index (χ3v) is 6.23. The molecule has 2 aromatic carbocycles. The average Bonchev–Trinajstić information content (AvgIpc) is 2.89. The molecular formula is C26H23N3O6S. The SMILES string of the molecule is COc1ccc(Cn2cc(-c3cc(C(=O)c4ccccc4)nc(S(C)(=O)=O)n3)ccc2=O)cc1OC. The van der Waals surface area contributed by atoms with E-state index in [1.165, 1.54) is 37.0 Å². The van der Waals surface area contributed by atoms with Crippen LogP contribution in [0.15, 0.2) is 82.9 Å². The normalized spacial score (nSPS) is 11.2. The van der Waals surface area contributed by atoms with Crippen molar-refractivity contribution < 1.29 is 22.7 Å². The van der Waals surface area contributed by atoms with Gasteiger partial charge in [-0.25, -0.2) is 18.4 Å². The molecule has 0 amide bonds. The molecule has 0 saturated carbocycles. The summed E-state index contributed by atoms with van der Waals surface area (Å²) < 4.78 is 36.6. The maximum absolute atomic E-state index is 13.0. The standard InChI is InChI=1S/C26H23N3O6S/c1-34-22-11-9-17(13-23(22)35-2)15-29-16-19(10-12-24(29)30)20-14-21(28-26(27-20)36(3,32)33)25(31)18-7-5-4-6-8-18/h4-14,16H,15H2,1-3H3. The van der Waals surface area contributed by atoms with Crippen LogP contribution in [0.2, 0.25) is 0 Å². The van der Waals surface area contributed by atoms with Gasteiger partial charge in [0.05, 0.1) is 26.5 Å². The minimum absolute atomic E-state index is 0.0655. The summed E-state index contributed by atoms with van der Waals surface area (Å²) in [4.78, 5) is 33.8. The summed E-state index contributed by atoms with van der Waals surface area (Å²) in [5.41, 5.74) is 1.46. The van der Waals surface area contributed by atoms with Gasteiger partial charge in [0.1, 0.15) is 5.69 Å². The largest absolute Gasteiger partial charge is 0.493 e. The van der Waals surface area contributed by atoms with Crippen molar-refractivity contribution in [1.29, 1.82) is 0 Å². The summed E-state index contributed by atoms with van der Waals surface area (Å²) in [5.74, 6) is 0.645. The van der Waals surface area contributed by atoms with E-state index < -0.39 is 20.8 Å². The topological polar surface area (TPSA) is 117 Å². The van der Waals surface area contributed by atoms with Crippen molar-refractivity contribution >= 4 is 15.6 Å². The van der Waals surface area contributed by atoms with Crippen LogP contribution in [0.25, 0.3) is 11.3 Å². The van der Waals surface area contributed by atoms with Crippen molar-refractivity contribution in [3.8, 4) is 22.8 Å². The lowest BCUT2D eigenvalue weighted by Gasteiger charge is -2.12. The molecular weight excluding hydrogens is 482 g/mol. The van der Waals surface area contributed by atoms with Gasteiger partial charge in [-0.3, -0.25) is 9.59 Å². The molecule has 0 aliphatic carbocycles. The lowest BCUT2D eigenvalue weighted by atomic mass is 10.1. The van der Waals surface area contributed by atoms with Crippen LogP contribution in [0.4, 0.5) is 0 Å². The van der Waals surface area contributed by atoms with Gasteiger partial charge in [-0.1, -0.05) is 36.4 Å². The number of hydrogen-bond donors (Lipinski definition) is 0. The quantitative estimate of drug-likeness (QED) is 0.265. The van der Waals surface area contributed by atoms with Gasteiger partial charge in [-0.2, -0.15) is 0 Å². The van der Waals surface area contributed by atoms with Crippen molar-refractivity contribution in [2.75, 3.05) is 20.5 Å². The van der Waals surface area contributed by atoms with Crippen LogP contribution in [0.1, 0.15) is 21.6 Å². The molecule has 2 heterocycles. The maximum atomic E-state index is 13.0. The first-order chi connectivity index (χ1) is 17.2. The third-order valence-electron chi connectivity index (χ3n) is 5.39. The predicted octanol–water partition coefficient (Wildman–Crippen LogP) is 3.01. The van der Waals surface area contributed by atoms with Crippen LogP contribution >= 0.6 is 0 Å². The Labute approximate surface area is 207 Å². The van der Waals surface area contributed by atoms with E-state index in [1.807, 2.05) is 6.07 Å². The number of nitrogens with zero attached hydrogens (tertiary/aromatic N) is 3. The number of sulfone groups is 1. The second kappa shape index (κ2) is 10.1. The van der Waals surface area contributed by atoms with E-state index in [9.17, 15) is 18.0 Å². The van der Waals surface area contributed by atoms with Gasteiger partial charge in [-0.05, 0) is 29.8 Å². The number of carbonyl (C=O) groups excluding carboxylic acids is 1. The first-order valence-electron chi connectivity index (χ1n) is 10.8. The fourth-order valence-electron chi connectivity index (χ4n) is 3.57. The number of rotatable bonds is 8. The Bertz CT molecular complexity index is 1600. The Balaban J connectivity index is 1.78. The van der Waals surface area contributed by atoms with E-state index in [-0.39, 0.29) is 23.5 Å². The predicted molar refractivity (Wildman–Crippen MR) is 133 cm³/mol. The Morgan fingerprint density at radius 3 is 2.31 bits per heavy atom. The fraction of sp³-hybridized carbons (Fsp3) is 0.154. The number of carbonyl (C=O) groups is 1. The molecule has 4 aromatic rings. The smallest absolute Gasteiger partial charge is 0.250 e. The lowest BCUT2D eigenvalue weighted by molar-refractivity contribution is 0.103. The number of ether oxygens (including phenoxy) is 2. The van der Waals surface area contributed by atoms with Gasteiger partial charge >= 0.3 is 0 Å². The molecule has 0 N–H and O–H groups in total. The van der Waals surface area contributed by atoms with Crippen molar-refractivity contribution in [2.45, 2.75) is 11.7 Å². The average molecular weight is 506 g/mol. The molecule has 2 aromatic heterocycles. The number of benzene rings is 2. The third kappa shape index (κ3) is 5.33. The second-order valence-corrected chi connectivity index (χ2v) is 9.87. The first kappa shape index (κ1) is 24.8. The van der Waals surface area contributed by atoms with Gasteiger partial charge < -0.3 is 14.0 Å². The zero-order valence-electron chi connectivity index (χ0n) is 19.8. The number of hydrogen-bond acceptors (Lipinski definition) is 8. The molecule has 0 bridgehead atoms. The summed E-state index contributed by atoms with van der Waals surface area (Å²) in [6.45, 7) is 0.215. The number of methoxy groups -OCH3 is 2. The molecule has 0 atom stereocenters. The fourth-order valence-corrected chi connectivity index (χ4v) is 4.10. The van der Waals surface area contributed by atoms with Gasteiger partial charge in [0, 0.05) is 29.6 Å². The van der Waals surface area contributed by atoms with Crippen molar-refractivity contribution in [3.05, 3.63) is 100 Å². The van der Waals surface area contributed by atoms with Crippen molar-refractivity contribution in [3.63, 3.8) is 0 Å². The van der Waals surface area contributed by atoms with E-state index in [0.29, 0.717) is 22.6 Å². The van der Waals surface area contributed by atoms with Gasteiger partial charge in [0.15, 0.2) is 11.5 Å². The highest BCUT2D eigenvalue weighted by atomic mass is 32.2. The molecule has 9 nitrogen and oxygen atoms in total. The molecule has 0 radical (unpaired) electrons. The summed E-state index contributed by atoms with van der Waals surface area (Å²) in [6.07, 6.45) is 2.53. The van der Waals surface area contributed by atoms with Gasteiger partial charge in [-0.15, -0.1) is 0 Å². The summed E-state index contributed by atoms with van der Waals surface area (Å²) in [6, 6.07) is 18.0. The molecule has 0 unspecified atom stereocenters. The van der Waals surface area contributed by atoms with Crippen LogP contribution in [0.3, 0.4) is 0 Å². The molecule has 0 saturated heterocycles. The highest BCUT2D eigenvalue weighted by Crippen LogP contribution is 2.28. The number of pyridine rings is 1. The van der Waals surface area contributed by atoms with Crippen LogP contribution < -0.4 is 15.0 Å². The minimum atomic E-state index is -3.82. The van der Waals surface area contributed by atoms with Crippen molar-refractivity contribution in [1.82, 2.24) is 14.5 Å². The van der Waals surface area contributed by atoms with Crippen molar-refractivity contribution in [2.24, 2.45) is 0 Å². The Hall–Kier alpha value is -4.31. The zero-order valence-corrected chi connectivity index (χ0v) is 20.7. The second-order valence-electron chi connectivity index (χ2n) is 7.96. The number of aromatic nitrogens is 3. The van der Waals surface area contributed by atoms with E-state index in [2.05, 4.69) is 9.97 Å². The maximum Gasteiger partial charge on any atom is 0.250 e. The molecule has 184 valence electrons. The summed E-state index contributed by atoms with van der Waals surface area (Å²) in [7, 11) is -0.760. The minimum Gasteiger partial charge on any atom is -0.493 e. The van der Waals surface area contributed by atoms with Crippen LogP contribution in [0.5, 0.6) is 11.5 Å². The Kier molecular flexibility index (Phi) is 6.98. The summed E-state index contributed by atoms with van der Waals surface area (Å²) in [5, 5.41) is -0.475. The Morgan fingerprint density at radius 1 is 0.917 bits per heavy atom. The first-order valence-corrected chi connectivity index (χ1v) is 12.7. The highest BCUT2D eigenvalue weighted by Gasteiger charge is 2.20. The molecule has 0 aliphatic rings. The lowest BCUT2D eigenvalue weighted by Crippen LogP contribution is -2.19. The summed E-state index contributed by atoms with van der Waals surface area (Å²) >= 11 is 0. The highest BCUT2D eigenvalue weighted by molar-refractivity contribution is 7.90. The monoisotopic (exact) mass is 505 g/mol. The van der Waals surface area contributed by atoms with E-state index in [4.69, 9.17) is 9.47 Å². The number of ketones is 1. The van der Waals surface area contributed by atoms with E-state index >= 15 is 0 Å². The molecule has 10 heteroatoms. The zero-order chi connectivity index (χ0) is 25.9. The molecule has 36 heavy (non-hydrogen) atoms. The van der Waals surface area contributed by atoms with Crippen LogP contribution in [-0.2, 0) is 16.4 Å². The van der Waals surface area contributed by atoms with Crippen LogP contribution in [0, 0.1) is 0 Å². The molecule has 0 fully saturated rings. The molecule has 0 aliphatic heterocycles. The molecule has 4 rings (SSSR count). The Morgan fingerprint density at radius 2 is 1.64 bits per heavy atom. The van der Waals surface area contributed by atoms with E-state index in [1.54, 1.807) is 48.7 Å².